The highest BCUT2D eigenvalue weighted by Gasteiger charge is 2.11. The Morgan fingerprint density at radius 3 is 2.53 bits per heavy atom. The van der Waals surface area contributed by atoms with Crippen LogP contribution < -0.4 is 0 Å². The summed E-state index contributed by atoms with van der Waals surface area (Å²) < 4.78 is 1.60. The summed E-state index contributed by atoms with van der Waals surface area (Å²) in [5, 5.41) is 14.1. The average Bonchev–Trinajstić information content (AvgIpc) is 2.57. The third-order valence-corrected chi connectivity index (χ3v) is 2.52. The van der Waals surface area contributed by atoms with Gasteiger partial charge in [-0.2, -0.15) is 10.1 Å². The lowest BCUT2D eigenvalue weighted by Gasteiger charge is -2.07. The van der Waals surface area contributed by atoms with Gasteiger partial charge < -0.3 is 5.11 Å². The molecule has 0 fully saturated rings. The van der Waals surface area contributed by atoms with E-state index in [0.717, 1.165) is 11.4 Å². The lowest BCUT2D eigenvalue weighted by atomic mass is 10.3. The summed E-state index contributed by atoms with van der Waals surface area (Å²) in [4.78, 5) is 8.34. The van der Waals surface area contributed by atoms with Crippen molar-refractivity contribution in [1.29, 1.82) is 0 Å². The van der Waals surface area contributed by atoms with E-state index in [2.05, 4.69) is 15.1 Å². The van der Waals surface area contributed by atoms with Gasteiger partial charge >= 0.3 is 0 Å². The second-order valence-corrected chi connectivity index (χ2v) is 4.32. The van der Waals surface area contributed by atoms with E-state index in [1.807, 2.05) is 19.9 Å². The van der Waals surface area contributed by atoms with Gasteiger partial charge in [-0.3, -0.25) is 0 Å². The van der Waals surface area contributed by atoms with Crippen LogP contribution in [-0.4, -0.2) is 24.9 Å². The van der Waals surface area contributed by atoms with Crippen molar-refractivity contribution in [3.63, 3.8) is 0 Å². The fourth-order valence-corrected chi connectivity index (χ4v) is 1.75. The molecule has 0 spiro atoms. The molecule has 1 atom stereocenters. The summed E-state index contributed by atoms with van der Waals surface area (Å²) in [6, 6.07) is 3.47. The molecule has 6 heteroatoms. The number of aliphatic hydroxyl groups excluding tert-OH is 1. The first-order valence-corrected chi connectivity index (χ1v) is 5.61. The Hall–Kier alpha value is -1.46. The molecule has 5 nitrogen and oxygen atoms in total. The maximum absolute atomic E-state index is 9.52. The van der Waals surface area contributed by atoms with Crippen LogP contribution in [0.1, 0.15) is 30.1 Å². The van der Waals surface area contributed by atoms with Gasteiger partial charge in [-0.1, -0.05) is 11.6 Å². The first-order valence-electron chi connectivity index (χ1n) is 5.23. The monoisotopic (exact) mass is 252 g/mol. The first-order chi connectivity index (χ1) is 7.97. The smallest absolute Gasteiger partial charge is 0.252 e. The number of hydrogen-bond acceptors (Lipinski definition) is 4. The third kappa shape index (κ3) is 2.45. The summed E-state index contributed by atoms with van der Waals surface area (Å²) in [7, 11) is 0. The molecule has 0 aliphatic carbocycles. The minimum absolute atomic E-state index is 0.290. The van der Waals surface area contributed by atoms with Gasteiger partial charge in [-0.25, -0.2) is 9.67 Å². The molecule has 0 aromatic carbocycles. The molecule has 2 aromatic rings. The molecule has 2 rings (SSSR count). The van der Waals surface area contributed by atoms with Gasteiger partial charge in [0.2, 0.25) is 0 Å². The van der Waals surface area contributed by atoms with Gasteiger partial charge in [0.05, 0.1) is 17.5 Å². The summed E-state index contributed by atoms with van der Waals surface area (Å²) in [5.41, 5.74) is 2.28. The van der Waals surface area contributed by atoms with Crippen molar-refractivity contribution >= 4 is 11.6 Å². The SMILES string of the molecule is Cc1cc(C)n(-c2nc(Cl)cc(C(C)O)n2)n1. The topological polar surface area (TPSA) is 63.8 Å². The number of halogens is 1. The maximum Gasteiger partial charge on any atom is 0.252 e. The molecule has 90 valence electrons. The molecule has 0 amide bonds. The van der Waals surface area contributed by atoms with Crippen LogP contribution in [0.15, 0.2) is 12.1 Å². The van der Waals surface area contributed by atoms with Crippen LogP contribution in [0.3, 0.4) is 0 Å². The second-order valence-electron chi connectivity index (χ2n) is 3.93. The molecule has 0 radical (unpaired) electrons. The van der Waals surface area contributed by atoms with Crippen molar-refractivity contribution in [2.75, 3.05) is 0 Å². The van der Waals surface area contributed by atoms with Crippen LogP contribution in [0.5, 0.6) is 0 Å². The summed E-state index contributed by atoms with van der Waals surface area (Å²) in [5.74, 6) is 0.374. The van der Waals surface area contributed by atoms with Crippen LogP contribution >= 0.6 is 11.6 Å². The minimum Gasteiger partial charge on any atom is -0.387 e. The fraction of sp³-hybridized carbons (Fsp3) is 0.364. The van der Waals surface area contributed by atoms with Crippen molar-refractivity contribution in [3.8, 4) is 5.95 Å². The molecule has 1 N–H and O–H groups in total. The van der Waals surface area contributed by atoms with Crippen LogP contribution in [0, 0.1) is 13.8 Å². The lowest BCUT2D eigenvalue weighted by Crippen LogP contribution is -2.08. The Kier molecular flexibility index (Phi) is 3.13. The summed E-state index contributed by atoms with van der Waals surface area (Å²) >= 11 is 5.90. The highest BCUT2D eigenvalue weighted by Crippen LogP contribution is 2.16. The first kappa shape index (κ1) is 12.0. The molecule has 0 aliphatic rings. The highest BCUT2D eigenvalue weighted by atomic mass is 35.5. The molecular weight excluding hydrogens is 240 g/mol. The van der Waals surface area contributed by atoms with Gasteiger partial charge in [0.1, 0.15) is 5.15 Å². The Morgan fingerprint density at radius 2 is 2.00 bits per heavy atom. The Morgan fingerprint density at radius 1 is 1.29 bits per heavy atom. The number of aliphatic hydroxyl groups is 1. The molecule has 2 heterocycles. The zero-order chi connectivity index (χ0) is 12.6. The van der Waals surface area contributed by atoms with E-state index in [-0.39, 0.29) is 0 Å². The van der Waals surface area contributed by atoms with Gasteiger partial charge in [-0.05, 0) is 32.9 Å². The van der Waals surface area contributed by atoms with Crippen LogP contribution in [0.2, 0.25) is 5.15 Å². The molecule has 0 saturated heterocycles. The zero-order valence-electron chi connectivity index (χ0n) is 9.85. The second kappa shape index (κ2) is 4.43. The third-order valence-electron chi connectivity index (χ3n) is 2.33. The largest absolute Gasteiger partial charge is 0.387 e. The molecule has 1 unspecified atom stereocenters. The Balaban J connectivity index is 2.55. The van der Waals surface area contributed by atoms with Crippen LogP contribution in [0.25, 0.3) is 5.95 Å². The Bertz CT molecular complexity index is 550. The number of hydrogen-bond donors (Lipinski definition) is 1. The quantitative estimate of drug-likeness (QED) is 0.831. The van der Waals surface area contributed by atoms with E-state index in [1.54, 1.807) is 17.7 Å². The van der Waals surface area contributed by atoms with Gasteiger partial charge in [0.25, 0.3) is 5.95 Å². The zero-order valence-corrected chi connectivity index (χ0v) is 10.6. The predicted molar refractivity (Wildman–Crippen MR) is 64.3 cm³/mol. The number of aromatic nitrogens is 4. The molecule has 0 bridgehead atoms. The van der Waals surface area contributed by atoms with Crippen molar-refractivity contribution in [1.82, 2.24) is 19.7 Å². The highest BCUT2D eigenvalue weighted by molar-refractivity contribution is 6.29. The predicted octanol–water partition coefficient (Wildman–Crippen LogP) is 1.99. The number of aryl methyl sites for hydroxylation is 2. The average molecular weight is 253 g/mol. The van der Waals surface area contributed by atoms with E-state index in [0.29, 0.717) is 16.8 Å². The standard InChI is InChI=1S/C11H13ClN4O/c1-6-4-7(2)16(15-6)11-13-9(8(3)17)5-10(12)14-11/h4-5,8,17H,1-3H3. The number of rotatable bonds is 2. The van der Waals surface area contributed by atoms with Crippen LogP contribution in [-0.2, 0) is 0 Å². The van der Waals surface area contributed by atoms with E-state index in [4.69, 9.17) is 11.6 Å². The molecule has 17 heavy (non-hydrogen) atoms. The van der Waals surface area contributed by atoms with Crippen molar-refractivity contribution < 1.29 is 5.11 Å². The fourth-order valence-electron chi connectivity index (χ4n) is 1.56. The van der Waals surface area contributed by atoms with Gasteiger partial charge in [-0.15, -0.1) is 0 Å². The molecular formula is C11H13ClN4O. The van der Waals surface area contributed by atoms with Crippen molar-refractivity contribution in [3.05, 3.63) is 34.4 Å². The van der Waals surface area contributed by atoms with E-state index in [1.165, 1.54) is 0 Å². The normalized spacial score (nSPS) is 12.8. The molecule has 2 aromatic heterocycles. The van der Waals surface area contributed by atoms with Gasteiger partial charge in [0.15, 0.2) is 0 Å². The number of nitrogens with zero attached hydrogens (tertiary/aromatic N) is 4. The minimum atomic E-state index is -0.689. The van der Waals surface area contributed by atoms with E-state index in [9.17, 15) is 5.11 Å². The van der Waals surface area contributed by atoms with E-state index < -0.39 is 6.10 Å². The van der Waals surface area contributed by atoms with Crippen LogP contribution in [0.4, 0.5) is 0 Å². The summed E-state index contributed by atoms with van der Waals surface area (Å²) in [6.45, 7) is 5.43. The Labute approximate surface area is 104 Å². The summed E-state index contributed by atoms with van der Waals surface area (Å²) in [6.07, 6.45) is -0.689. The van der Waals surface area contributed by atoms with E-state index >= 15 is 0 Å². The van der Waals surface area contributed by atoms with Crippen molar-refractivity contribution in [2.45, 2.75) is 26.9 Å². The maximum atomic E-state index is 9.52. The lowest BCUT2D eigenvalue weighted by molar-refractivity contribution is 0.194. The van der Waals surface area contributed by atoms with Crippen molar-refractivity contribution in [2.24, 2.45) is 0 Å². The molecule has 0 aliphatic heterocycles. The molecule has 0 saturated carbocycles. The van der Waals surface area contributed by atoms with Gasteiger partial charge in [0, 0.05) is 5.69 Å².